The van der Waals surface area contributed by atoms with Crippen molar-refractivity contribution < 1.29 is 14.7 Å². The molecule has 1 aliphatic rings. The van der Waals surface area contributed by atoms with E-state index in [1.54, 1.807) is 6.92 Å². The topological polar surface area (TPSA) is 60.9 Å². The van der Waals surface area contributed by atoms with Crippen LogP contribution in [0.3, 0.4) is 0 Å². The Balaban J connectivity index is 2.47. The number of carbonyl (C=O) groups is 2. The van der Waals surface area contributed by atoms with E-state index in [4.69, 9.17) is 5.11 Å². The number of nitrogens with zero attached hydrogens (tertiary/aromatic N) is 2. The molecule has 1 heterocycles. The van der Waals surface area contributed by atoms with Gasteiger partial charge in [-0.1, -0.05) is 20.8 Å². The van der Waals surface area contributed by atoms with Crippen LogP contribution < -0.4 is 0 Å². The smallest absolute Gasteiger partial charge is 0.307 e. The summed E-state index contributed by atoms with van der Waals surface area (Å²) in [6, 6.07) is 0. The van der Waals surface area contributed by atoms with Gasteiger partial charge in [0.2, 0.25) is 5.91 Å². The molecule has 1 saturated heterocycles. The van der Waals surface area contributed by atoms with Crippen molar-refractivity contribution in [3.05, 3.63) is 0 Å². The number of carboxylic acids is 1. The van der Waals surface area contributed by atoms with Gasteiger partial charge < -0.3 is 10.0 Å². The average Bonchev–Trinajstić information content (AvgIpc) is 2.39. The summed E-state index contributed by atoms with van der Waals surface area (Å²) in [6.45, 7) is 9.21. The molecule has 1 fully saturated rings. The molecule has 1 N–H and O–H groups in total. The SMILES string of the molecule is CCCN(CC(=O)N1CCC(C)CC1)CC(C)C(=O)O. The highest BCUT2D eigenvalue weighted by molar-refractivity contribution is 5.78. The lowest BCUT2D eigenvalue weighted by Gasteiger charge is -2.32. The predicted octanol–water partition coefficient (Wildman–Crippen LogP) is 1.68. The first-order valence-corrected chi connectivity index (χ1v) is 7.67. The van der Waals surface area contributed by atoms with E-state index in [2.05, 4.69) is 6.92 Å². The molecule has 0 bridgehead atoms. The number of carboxylic acid groups (broad SMARTS) is 1. The van der Waals surface area contributed by atoms with Crippen molar-refractivity contribution in [3.8, 4) is 0 Å². The summed E-state index contributed by atoms with van der Waals surface area (Å²) in [6.07, 6.45) is 3.08. The van der Waals surface area contributed by atoms with E-state index in [0.717, 1.165) is 38.9 Å². The van der Waals surface area contributed by atoms with Crippen LogP contribution in [0.4, 0.5) is 0 Å². The fourth-order valence-corrected chi connectivity index (χ4v) is 2.57. The molecule has 0 saturated carbocycles. The summed E-state index contributed by atoms with van der Waals surface area (Å²) < 4.78 is 0. The molecule has 0 aliphatic carbocycles. The second kappa shape index (κ2) is 8.25. The van der Waals surface area contributed by atoms with Crippen molar-refractivity contribution in [3.63, 3.8) is 0 Å². The van der Waals surface area contributed by atoms with Crippen molar-refractivity contribution in [1.82, 2.24) is 9.80 Å². The third-order valence-corrected chi connectivity index (χ3v) is 3.99. The van der Waals surface area contributed by atoms with Gasteiger partial charge in [0.05, 0.1) is 12.5 Å². The zero-order valence-electron chi connectivity index (χ0n) is 13.0. The molecule has 0 aromatic rings. The Hall–Kier alpha value is -1.10. The van der Waals surface area contributed by atoms with Crippen LogP contribution in [0.5, 0.6) is 0 Å². The molecule has 116 valence electrons. The number of amides is 1. The molecule has 1 aliphatic heterocycles. The number of likely N-dealkylation sites (tertiary alicyclic amines) is 1. The van der Waals surface area contributed by atoms with Crippen LogP contribution in [0.2, 0.25) is 0 Å². The Labute approximate surface area is 121 Å². The van der Waals surface area contributed by atoms with Crippen LogP contribution in [-0.4, -0.2) is 59.5 Å². The summed E-state index contributed by atoms with van der Waals surface area (Å²) in [5.74, 6) is -0.387. The van der Waals surface area contributed by atoms with Gasteiger partial charge in [-0.3, -0.25) is 14.5 Å². The number of rotatable bonds is 7. The van der Waals surface area contributed by atoms with Crippen LogP contribution in [0.15, 0.2) is 0 Å². The number of carbonyl (C=O) groups excluding carboxylic acids is 1. The molecule has 0 aromatic heterocycles. The molecule has 1 atom stereocenters. The molecule has 1 unspecified atom stereocenters. The Bertz CT molecular complexity index is 325. The summed E-state index contributed by atoms with van der Waals surface area (Å²) in [4.78, 5) is 27.1. The van der Waals surface area contributed by atoms with Crippen LogP contribution in [-0.2, 0) is 9.59 Å². The van der Waals surface area contributed by atoms with E-state index >= 15 is 0 Å². The van der Waals surface area contributed by atoms with Gasteiger partial charge in [0.15, 0.2) is 0 Å². The van der Waals surface area contributed by atoms with Gasteiger partial charge in [0.25, 0.3) is 0 Å². The molecule has 5 nitrogen and oxygen atoms in total. The largest absolute Gasteiger partial charge is 0.481 e. The minimum Gasteiger partial charge on any atom is -0.481 e. The highest BCUT2D eigenvalue weighted by Crippen LogP contribution is 2.16. The highest BCUT2D eigenvalue weighted by Gasteiger charge is 2.23. The van der Waals surface area contributed by atoms with Gasteiger partial charge in [-0.05, 0) is 31.7 Å². The van der Waals surface area contributed by atoms with Gasteiger partial charge >= 0.3 is 5.97 Å². The normalized spacial score (nSPS) is 18.3. The summed E-state index contributed by atoms with van der Waals surface area (Å²) in [7, 11) is 0. The molecular formula is C15H28N2O3. The number of piperidine rings is 1. The number of aliphatic carboxylic acids is 1. The minimum atomic E-state index is -0.801. The van der Waals surface area contributed by atoms with E-state index in [0.29, 0.717) is 19.0 Å². The van der Waals surface area contributed by atoms with Crippen LogP contribution in [0, 0.1) is 11.8 Å². The maximum atomic E-state index is 12.3. The van der Waals surface area contributed by atoms with Crippen molar-refractivity contribution in [2.75, 3.05) is 32.7 Å². The molecule has 0 aromatic carbocycles. The first-order chi connectivity index (χ1) is 9.43. The molecule has 1 rings (SSSR count). The predicted molar refractivity (Wildman–Crippen MR) is 78.5 cm³/mol. The quantitative estimate of drug-likeness (QED) is 0.772. The van der Waals surface area contributed by atoms with Crippen LogP contribution in [0.25, 0.3) is 0 Å². The van der Waals surface area contributed by atoms with Gasteiger partial charge in [0, 0.05) is 19.6 Å². The lowest BCUT2D eigenvalue weighted by atomic mass is 9.99. The summed E-state index contributed by atoms with van der Waals surface area (Å²) in [5, 5.41) is 8.99. The third-order valence-electron chi connectivity index (χ3n) is 3.99. The molecule has 0 spiro atoms. The van der Waals surface area contributed by atoms with E-state index in [-0.39, 0.29) is 5.91 Å². The van der Waals surface area contributed by atoms with Gasteiger partial charge in [0.1, 0.15) is 0 Å². The first-order valence-electron chi connectivity index (χ1n) is 7.67. The Kier molecular flexibility index (Phi) is 6.99. The van der Waals surface area contributed by atoms with E-state index in [1.807, 2.05) is 16.7 Å². The molecule has 1 amide bonds. The molecule has 5 heteroatoms. The van der Waals surface area contributed by atoms with Crippen molar-refractivity contribution in [1.29, 1.82) is 0 Å². The number of hydrogen-bond acceptors (Lipinski definition) is 3. The summed E-state index contributed by atoms with van der Waals surface area (Å²) >= 11 is 0. The van der Waals surface area contributed by atoms with E-state index < -0.39 is 11.9 Å². The van der Waals surface area contributed by atoms with Crippen LogP contribution >= 0.6 is 0 Å². The minimum absolute atomic E-state index is 0.142. The van der Waals surface area contributed by atoms with Crippen LogP contribution in [0.1, 0.15) is 40.0 Å². The molecule has 0 radical (unpaired) electrons. The monoisotopic (exact) mass is 284 g/mol. The Morgan fingerprint density at radius 3 is 2.45 bits per heavy atom. The zero-order chi connectivity index (χ0) is 15.1. The Morgan fingerprint density at radius 1 is 1.35 bits per heavy atom. The third kappa shape index (κ3) is 5.49. The highest BCUT2D eigenvalue weighted by atomic mass is 16.4. The van der Waals surface area contributed by atoms with E-state index in [9.17, 15) is 9.59 Å². The van der Waals surface area contributed by atoms with Crippen molar-refractivity contribution in [2.24, 2.45) is 11.8 Å². The van der Waals surface area contributed by atoms with E-state index in [1.165, 1.54) is 0 Å². The van der Waals surface area contributed by atoms with Gasteiger partial charge in [-0.2, -0.15) is 0 Å². The van der Waals surface area contributed by atoms with Crippen molar-refractivity contribution >= 4 is 11.9 Å². The first kappa shape index (κ1) is 17.0. The second-order valence-corrected chi connectivity index (χ2v) is 6.04. The fraction of sp³-hybridized carbons (Fsp3) is 0.867. The molecule has 20 heavy (non-hydrogen) atoms. The lowest BCUT2D eigenvalue weighted by molar-refractivity contribution is -0.143. The maximum Gasteiger partial charge on any atom is 0.307 e. The zero-order valence-corrected chi connectivity index (χ0v) is 13.0. The number of hydrogen-bond donors (Lipinski definition) is 1. The fourth-order valence-electron chi connectivity index (χ4n) is 2.57. The maximum absolute atomic E-state index is 12.3. The second-order valence-electron chi connectivity index (χ2n) is 6.04. The average molecular weight is 284 g/mol. The lowest BCUT2D eigenvalue weighted by Crippen LogP contribution is -2.45. The molecular weight excluding hydrogens is 256 g/mol. The van der Waals surface area contributed by atoms with Crippen molar-refractivity contribution in [2.45, 2.75) is 40.0 Å². The van der Waals surface area contributed by atoms with Gasteiger partial charge in [-0.15, -0.1) is 0 Å². The standard InChI is InChI=1S/C15H28N2O3/c1-4-7-16(10-13(3)15(19)20)11-14(18)17-8-5-12(2)6-9-17/h12-13H,4-11H2,1-3H3,(H,19,20). The Morgan fingerprint density at radius 2 is 1.95 bits per heavy atom. The summed E-state index contributed by atoms with van der Waals surface area (Å²) in [5.41, 5.74) is 0. The van der Waals surface area contributed by atoms with Gasteiger partial charge in [-0.25, -0.2) is 0 Å².